The van der Waals surface area contributed by atoms with Gasteiger partial charge < -0.3 is 10.6 Å². The fourth-order valence-corrected chi connectivity index (χ4v) is 2.31. The van der Waals surface area contributed by atoms with Crippen LogP contribution in [0.25, 0.3) is 0 Å². The van der Waals surface area contributed by atoms with Gasteiger partial charge in [0.05, 0.1) is 11.1 Å². The van der Waals surface area contributed by atoms with Gasteiger partial charge in [0.25, 0.3) is 0 Å². The molecule has 2 rings (SSSR count). The fraction of sp³-hybridized carbons (Fsp3) is 0.133. The Bertz CT molecular complexity index is 756. The van der Waals surface area contributed by atoms with E-state index in [1.165, 1.54) is 6.07 Å². The molecule has 0 unspecified atom stereocenters. The first-order valence-electron chi connectivity index (χ1n) is 6.58. The molecule has 0 radical (unpaired) electrons. The number of halogens is 7. The summed E-state index contributed by atoms with van der Waals surface area (Å²) in [5.74, 6) is 0. The zero-order chi connectivity index (χ0) is 18.8. The lowest BCUT2D eigenvalue weighted by Gasteiger charge is -2.16. The Labute approximate surface area is 148 Å². The molecule has 0 saturated carbocycles. The van der Waals surface area contributed by atoms with Crippen LogP contribution in [-0.2, 0) is 12.4 Å². The molecular weight excluding hydrogens is 390 g/mol. The minimum Gasteiger partial charge on any atom is -0.332 e. The van der Waals surface area contributed by atoms with Crippen molar-refractivity contribution in [2.45, 2.75) is 12.4 Å². The van der Waals surface area contributed by atoms with Crippen LogP contribution < -0.4 is 10.6 Å². The maximum absolute atomic E-state index is 12.8. The van der Waals surface area contributed by atoms with Crippen molar-refractivity contribution in [1.82, 2.24) is 0 Å². The molecule has 0 aliphatic rings. The lowest BCUT2D eigenvalue weighted by atomic mass is 10.1. The number of thiocarbonyl (C=S) groups is 1. The number of hydrogen-bond donors (Lipinski definition) is 2. The lowest BCUT2D eigenvalue weighted by Crippen LogP contribution is -2.20. The van der Waals surface area contributed by atoms with Crippen LogP contribution in [0, 0.1) is 0 Å². The van der Waals surface area contributed by atoms with Crippen molar-refractivity contribution in [3.63, 3.8) is 0 Å². The third-order valence-electron chi connectivity index (χ3n) is 2.93. The minimum absolute atomic E-state index is 0.0403. The Morgan fingerprint density at radius 2 is 1.32 bits per heavy atom. The van der Waals surface area contributed by atoms with Gasteiger partial charge in [0.2, 0.25) is 0 Å². The SMILES string of the molecule is FC(F)(F)c1cc(NC(=S)Nc2cccc(Cl)c2)cc(C(F)(F)F)c1. The van der Waals surface area contributed by atoms with Crippen molar-refractivity contribution in [1.29, 1.82) is 0 Å². The highest BCUT2D eigenvalue weighted by Gasteiger charge is 2.37. The molecule has 0 fully saturated rings. The molecular formula is C15H9ClF6N2S. The zero-order valence-electron chi connectivity index (χ0n) is 12.1. The van der Waals surface area contributed by atoms with E-state index in [-0.39, 0.29) is 11.2 Å². The van der Waals surface area contributed by atoms with Crippen LogP contribution in [0.3, 0.4) is 0 Å². The molecule has 0 saturated heterocycles. The minimum atomic E-state index is -4.93. The molecule has 0 aliphatic carbocycles. The molecule has 0 aromatic heterocycles. The first kappa shape index (κ1) is 19.3. The number of rotatable bonds is 2. The summed E-state index contributed by atoms with van der Waals surface area (Å²) < 4.78 is 76.8. The first-order chi connectivity index (χ1) is 11.4. The van der Waals surface area contributed by atoms with Crippen LogP contribution in [0.5, 0.6) is 0 Å². The van der Waals surface area contributed by atoms with Gasteiger partial charge >= 0.3 is 12.4 Å². The summed E-state index contributed by atoms with van der Waals surface area (Å²) in [6, 6.07) is 7.38. The van der Waals surface area contributed by atoms with Crippen molar-refractivity contribution < 1.29 is 26.3 Å². The molecule has 2 N–H and O–H groups in total. The van der Waals surface area contributed by atoms with E-state index >= 15 is 0 Å². The fourth-order valence-electron chi connectivity index (χ4n) is 1.89. The van der Waals surface area contributed by atoms with E-state index in [1.54, 1.807) is 18.2 Å². The van der Waals surface area contributed by atoms with E-state index in [0.29, 0.717) is 22.8 Å². The van der Waals surface area contributed by atoms with Crippen LogP contribution >= 0.6 is 23.8 Å². The lowest BCUT2D eigenvalue weighted by molar-refractivity contribution is -0.143. The Balaban J connectivity index is 2.27. The van der Waals surface area contributed by atoms with E-state index in [4.69, 9.17) is 23.8 Å². The highest BCUT2D eigenvalue weighted by Crippen LogP contribution is 2.37. The third-order valence-corrected chi connectivity index (χ3v) is 3.37. The number of anilines is 2. The predicted octanol–water partition coefficient (Wildman–Crippen LogP) is 6.19. The molecule has 0 amide bonds. The summed E-state index contributed by atoms with van der Waals surface area (Å²) in [6.07, 6.45) is -9.86. The molecule has 0 heterocycles. The average Bonchev–Trinajstić information content (AvgIpc) is 2.44. The summed E-state index contributed by atoms with van der Waals surface area (Å²) >= 11 is 10.7. The van der Waals surface area contributed by atoms with Crippen molar-refractivity contribution in [2.24, 2.45) is 0 Å². The Kier molecular flexibility index (Phi) is 5.48. The molecule has 0 atom stereocenters. The number of alkyl halides is 6. The molecule has 0 spiro atoms. The van der Waals surface area contributed by atoms with Gasteiger partial charge in [-0.05, 0) is 48.6 Å². The second-order valence-electron chi connectivity index (χ2n) is 4.88. The normalized spacial score (nSPS) is 12.0. The predicted molar refractivity (Wildman–Crippen MR) is 87.7 cm³/mol. The second kappa shape index (κ2) is 7.09. The molecule has 2 aromatic carbocycles. The van der Waals surface area contributed by atoms with Crippen molar-refractivity contribution >= 4 is 40.3 Å². The number of nitrogens with one attached hydrogen (secondary N) is 2. The van der Waals surface area contributed by atoms with Crippen LogP contribution in [-0.4, -0.2) is 5.11 Å². The van der Waals surface area contributed by atoms with Gasteiger partial charge in [-0.3, -0.25) is 0 Å². The van der Waals surface area contributed by atoms with Gasteiger partial charge in [0.1, 0.15) is 0 Å². The van der Waals surface area contributed by atoms with E-state index in [2.05, 4.69) is 10.6 Å². The van der Waals surface area contributed by atoms with E-state index in [1.807, 2.05) is 0 Å². The van der Waals surface area contributed by atoms with E-state index in [9.17, 15) is 26.3 Å². The van der Waals surface area contributed by atoms with Crippen molar-refractivity contribution in [3.8, 4) is 0 Å². The van der Waals surface area contributed by atoms with Crippen LogP contribution in [0.1, 0.15) is 11.1 Å². The van der Waals surface area contributed by atoms with Crippen molar-refractivity contribution in [3.05, 3.63) is 58.6 Å². The monoisotopic (exact) mass is 398 g/mol. The average molecular weight is 399 g/mol. The molecule has 134 valence electrons. The highest BCUT2D eigenvalue weighted by atomic mass is 35.5. The van der Waals surface area contributed by atoms with E-state index < -0.39 is 29.2 Å². The Morgan fingerprint density at radius 1 is 0.800 bits per heavy atom. The van der Waals surface area contributed by atoms with E-state index in [0.717, 1.165) is 0 Å². The van der Waals surface area contributed by atoms with Crippen LogP contribution in [0.15, 0.2) is 42.5 Å². The quantitative estimate of drug-likeness (QED) is 0.466. The highest BCUT2D eigenvalue weighted by molar-refractivity contribution is 7.80. The smallest absolute Gasteiger partial charge is 0.332 e. The Hall–Kier alpha value is -2.00. The molecule has 0 bridgehead atoms. The molecule has 0 aliphatic heterocycles. The largest absolute Gasteiger partial charge is 0.416 e. The Morgan fingerprint density at radius 3 is 1.80 bits per heavy atom. The van der Waals surface area contributed by atoms with Crippen LogP contribution in [0.2, 0.25) is 5.02 Å². The molecule has 2 aromatic rings. The third kappa shape index (κ3) is 5.50. The van der Waals surface area contributed by atoms with Gasteiger partial charge in [0, 0.05) is 16.4 Å². The maximum Gasteiger partial charge on any atom is 0.416 e. The maximum atomic E-state index is 12.8. The van der Waals surface area contributed by atoms with Crippen LogP contribution in [0.4, 0.5) is 37.7 Å². The summed E-state index contributed by atoms with van der Waals surface area (Å²) in [5, 5.41) is 5.13. The summed E-state index contributed by atoms with van der Waals surface area (Å²) in [7, 11) is 0. The zero-order valence-corrected chi connectivity index (χ0v) is 13.7. The number of hydrogen-bond acceptors (Lipinski definition) is 1. The molecule has 10 heteroatoms. The van der Waals surface area contributed by atoms with Gasteiger partial charge in [0.15, 0.2) is 5.11 Å². The van der Waals surface area contributed by atoms with Gasteiger partial charge in [-0.25, -0.2) is 0 Å². The summed E-state index contributed by atoms with van der Waals surface area (Å²) in [5.41, 5.74) is -2.89. The molecule has 25 heavy (non-hydrogen) atoms. The summed E-state index contributed by atoms with van der Waals surface area (Å²) in [6.45, 7) is 0. The van der Waals surface area contributed by atoms with Gasteiger partial charge in [-0.1, -0.05) is 17.7 Å². The van der Waals surface area contributed by atoms with Gasteiger partial charge in [-0.15, -0.1) is 0 Å². The first-order valence-corrected chi connectivity index (χ1v) is 7.37. The standard InChI is InChI=1S/C15H9ClF6N2S/c16-10-2-1-3-11(7-10)23-13(25)24-12-5-8(14(17,18)19)4-9(6-12)15(20,21)22/h1-7H,(H2,23,24,25). The summed E-state index contributed by atoms with van der Waals surface area (Å²) in [4.78, 5) is 0. The second-order valence-corrected chi connectivity index (χ2v) is 5.73. The molecule has 2 nitrogen and oxygen atoms in total. The van der Waals surface area contributed by atoms with Crippen molar-refractivity contribution in [2.75, 3.05) is 10.6 Å². The van der Waals surface area contributed by atoms with Gasteiger partial charge in [-0.2, -0.15) is 26.3 Å². The topological polar surface area (TPSA) is 24.1 Å². The number of benzene rings is 2.